The van der Waals surface area contributed by atoms with Crippen LogP contribution in [0.5, 0.6) is 0 Å². The van der Waals surface area contributed by atoms with Crippen molar-refractivity contribution in [3.8, 4) is 0 Å². The summed E-state index contributed by atoms with van der Waals surface area (Å²) in [4.78, 5) is 11.4. The second kappa shape index (κ2) is 5.41. The predicted molar refractivity (Wildman–Crippen MR) is 69.9 cm³/mol. The minimum atomic E-state index is -0.588. The number of carboxylic acid groups (broad SMARTS) is 1. The van der Waals surface area contributed by atoms with Gasteiger partial charge in [-0.3, -0.25) is 4.79 Å². The van der Waals surface area contributed by atoms with E-state index in [0.29, 0.717) is 11.8 Å². The van der Waals surface area contributed by atoms with E-state index in [1.54, 1.807) is 0 Å². The Hall–Kier alpha value is -0.610. The number of hydrogen-bond donors (Lipinski definition) is 1. The number of carbonyl (C=O) groups is 1. The van der Waals surface area contributed by atoms with E-state index in [0.717, 1.165) is 64.8 Å². The van der Waals surface area contributed by atoms with Gasteiger partial charge in [0.1, 0.15) is 0 Å². The molecule has 1 spiro atoms. The molecule has 3 unspecified atom stereocenters. The summed E-state index contributed by atoms with van der Waals surface area (Å²) in [5.74, 6) is 0.214. The van der Waals surface area contributed by atoms with E-state index in [1.807, 2.05) is 0 Å². The molecule has 0 aromatic carbocycles. The van der Waals surface area contributed by atoms with Crippen LogP contribution in [-0.4, -0.2) is 36.5 Å². The van der Waals surface area contributed by atoms with Crippen molar-refractivity contribution in [2.75, 3.05) is 19.8 Å². The Kier molecular flexibility index (Phi) is 3.81. The highest BCUT2D eigenvalue weighted by Crippen LogP contribution is 2.46. The average molecular weight is 268 g/mol. The number of carboxylic acids is 1. The highest BCUT2D eigenvalue weighted by atomic mass is 16.5. The molecule has 3 aliphatic rings. The lowest BCUT2D eigenvalue weighted by Crippen LogP contribution is -2.46. The van der Waals surface area contributed by atoms with Gasteiger partial charge < -0.3 is 14.6 Å². The van der Waals surface area contributed by atoms with E-state index in [2.05, 4.69) is 0 Å². The fourth-order valence-corrected chi connectivity index (χ4v) is 4.38. The molecule has 0 aromatic rings. The third-order valence-electron chi connectivity index (χ3n) is 5.43. The van der Waals surface area contributed by atoms with Crippen LogP contribution in [-0.2, 0) is 14.3 Å². The molecular weight excluding hydrogens is 244 g/mol. The molecule has 0 radical (unpaired) electrons. The first-order chi connectivity index (χ1) is 9.20. The molecule has 3 fully saturated rings. The van der Waals surface area contributed by atoms with Crippen molar-refractivity contribution in [2.24, 2.45) is 17.8 Å². The summed E-state index contributed by atoms with van der Waals surface area (Å²) in [5.41, 5.74) is -0.00713. The highest BCUT2D eigenvalue weighted by molar-refractivity contribution is 5.70. The first-order valence-electron chi connectivity index (χ1n) is 7.65. The summed E-state index contributed by atoms with van der Waals surface area (Å²) in [7, 11) is 0. The van der Waals surface area contributed by atoms with Crippen molar-refractivity contribution in [2.45, 2.75) is 50.5 Å². The van der Waals surface area contributed by atoms with Crippen LogP contribution in [0.1, 0.15) is 44.9 Å². The van der Waals surface area contributed by atoms with Gasteiger partial charge in [0.05, 0.1) is 11.5 Å². The number of rotatable bonds is 2. The Bertz CT molecular complexity index is 330. The smallest absolute Gasteiger partial charge is 0.306 e. The quantitative estimate of drug-likeness (QED) is 0.836. The first kappa shape index (κ1) is 13.4. The summed E-state index contributed by atoms with van der Waals surface area (Å²) in [6, 6.07) is 0. The maximum atomic E-state index is 11.4. The second-order valence-electron chi connectivity index (χ2n) is 6.44. The van der Waals surface area contributed by atoms with Gasteiger partial charge in [0.25, 0.3) is 0 Å². The zero-order valence-electron chi connectivity index (χ0n) is 11.5. The van der Waals surface area contributed by atoms with Gasteiger partial charge in [-0.1, -0.05) is 6.42 Å². The summed E-state index contributed by atoms with van der Waals surface area (Å²) in [5, 5.41) is 9.36. The van der Waals surface area contributed by atoms with Crippen molar-refractivity contribution in [1.82, 2.24) is 0 Å². The van der Waals surface area contributed by atoms with E-state index in [9.17, 15) is 9.90 Å². The van der Waals surface area contributed by atoms with E-state index in [-0.39, 0.29) is 11.5 Å². The predicted octanol–water partition coefficient (Wildman–Crippen LogP) is 2.46. The van der Waals surface area contributed by atoms with Crippen molar-refractivity contribution >= 4 is 5.97 Å². The molecule has 1 aliphatic carbocycles. The Labute approximate surface area is 114 Å². The van der Waals surface area contributed by atoms with Gasteiger partial charge >= 0.3 is 5.97 Å². The Balaban J connectivity index is 1.69. The zero-order valence-corrected chi connectivity index (χ0v) is 11.5. The lowest BCUT2D eigenvalue weighted by molar-refractivity contribution is -0.159. The molecule has 4 nitrogen and oxygen atoms in total. The number of ether oxygens (including phenoxy) is 2. The highest BCUT2D eigenvalue weighted by Gasteiger charge is 2.45. The van der Waals surface area contributed by atoms with Crippen LogP contribution < -0.4 is 0 Å². The van der Waals surface area contributed by atoms with Crippen molar-refractivity contribution in [3.63, 3.8) is 0 Å². The standard InChI is InChI=1S/C15H24O4/c16-14(17)13-3-1-2-12(13)11-4-7-19-15(10-11)5-8-18-9-6-15/h11-13H,1-10H2,(H,16,17). The molecule has 4 heteroatoms. The van der Waals surface area contributed by atoms with E-state index < -0.39 is 5.97 Å². The van der Waals surface area contributed by atoms with Crippen LogP contribution in [0.3, 0.4) is 0 Å². The lowest BCUT2D eigenvalue weighted by atomic mass is 9.72. The van der Waals surface area contributed by atoms with Crippen LogP contribution in [0.4, 0.5) is 0 Å². The molecule has 3 rings (SSSR count). The van der Waals surface area contributed by atoms with Crippen molar-refractivity contribution in [3.05, 3.63) is 0 Å². The molecule has 19 heavy (non-hydrogen) atoms. The van der Waals surface area contributed by atoms with Crippen molar-refractivity contribution < 1.29 is 19.4 Å². The summed E-state index contributed by atoms with van der Waals surface area (Å²) in [6.07, 6.45) is 7.08. The third-order valence-corrected chi connectivity index (χ3v) is 5.43. The largest absolute Gasteiger partial charge is 0.481 e. The minimum Gasteiger partial charge on any atom is -0.481 e. The van der Waals surface area contributed by atoms with Crippen LogP contribution in [0, 0.1) is 17.8 Å². The average Bonchev–Trinajstić information content (AvgIpc) is 2.89. The molecule has 0 bridgehead atoms. The van der Waals surface area contributed by atoms with E-state index in [1.165, 1.54) is 0 Å². The fourth-order valence-electron chi connectivity index (χ4n) is 4.38. The molecular formula is C15H24O4. The summed E-state index contributed by atoms with van der Waals surface area (Å²) < 4.78 is 11.5. The first-order valence-corrected chi connectivity index (χ1v) is 7.65. The molecule has 2 saturated heterocycles. The van der Waals surface area contributed by atoms with Gasteiger partial charge in [0.2, 0.25) is 0 Å². The molecule has 3 atom stereocenters. The van der Waals surface area contributed by atoms with Crippen LogP contribution in [0.25, 0.3) is 0 Å². The van der Waals surface area contributed by atoms with Gasteiger partial charge in [-0.25, -0.2) is 0 Å². The zero-order chi connectivity index (χ0) is 13.3. The minimum absolute atomic E-state index is 0.00713. The van der Waals surface area contributed by atoms with Gasteiger partial charge in [0, 0.05) is 19.8 Å². The van der Waals surface area contributed by atoms with Crippen LogP contribution in [0.15, 0.2) is 0 Å². The molecule has 2 heterocycles. The van der Waals surface area contributed by atoms with Crippen molar-refractivity contribution in [1.29, 1.82) is 0 Å². The Morgan fingerprint density at radius 2 is 1.89 bits per heavy atom. The van der Waals surface area contributed by atoms with E-state index in [4.69, 9.17) is 9.47 Å². The molecule has 1 N–H and O–H groups in total. The molecule has 0 amide bonds. The maximum Gasteiger partial charge on any atom is 0.306 e. The number of aliphatic carboxylic acids is 1. The summed E-state index contributed by atoms with van der Waals surface area (Å²) >= 11 is 0. The van der Waals surface area contributed by atoms with Crippen LogP contribution in [0.2, 0.25) is 0 Å². The molecule has 2 aliphatic heterocycles. The fraction of sp³-hybridized carbons (Fsp3) is 0.933. The van der Waals surface area contributed by atoms with Gasteiger partial charge in [-0.2, -0.15) is 0 Å². The third kappa shape index (κ3) is 2.65. The summed E-state index contributed by atoms with van der Waals surface area (Å²) in [6.45, 7) is 2.38. The SMILES string of the molecule is O=C(O)C1CCCC1C1CCOC2(CCOCC2)C1. The second-order valence-corrected chi connectivity index (χ2v) is 6.44. The maximum absolute atomic E-state index is 11.4. The lowest BCUT2D eigenvalue weighted by Gasteiger charge is -2.45. The molecule has 108 valence electrons. The Morgan fingerprint density at radius 1 is 1.11 bits per heavy atom. The van der Waals surface area contributed by atoms with E-state index >= 15 is 0 Å². The van der Waals surface area contributed by atoms with Gasteiger partial charge in [0.15, 0.2) is 0 Å². The van der Waals surface area contributed by atoms with Crippen LogP contribution >= 0.6 is 0 Å². The monoisotopic (exact) mass is 268 g/mol. The Morgan fingerprint density at radius 3 is 2.63 bits per heavy atom. The normalized spacial score (nSPS) is 38.4. The van der Waals surface area contributed by atoms with Gasteiger partial charge in [-0.05, 0) is 50.4 Å². The molecule has 1 saturated carbocycles. The number of hydrogen-bond acceptors (Lipinski definition) is 3. The molecule has 0 aromatic heterocycles. The topological polar surface area (TPSA) is 55.8 Å². The van der Waals surface area contributed by atoms with Gasteiger partial charge in [-0.15, -0.1) is 0 Å².